The number of alkyl halides is 2. The molecule has 1 rings (SSSR count). The van der Waals surface area contributed by atoms with E-state index in [9.17, 15) is 0 Å². The highest BCUT2D eigenvalue weighted by atomic mass is 35.5. The molecule has 0 aromatic heterocycles. The number of rotatable bonds is 0. The molecule has 0 aromatic carbocycles. The molecule has 1 aliphatic heterocycles. The van der Waals surface area contributed by atoms with Gasteiger partial charge in [-0.15, -0.1) is 0 Å². The number of hydrogen-bond acceptors (Lipinski definition) is 2. The topological polar surface area (TPSA) is 6.48 Å². The Morgan fingerprint density at radius 3 is 1.56 bits per heavy atom. The molecule has 54 valence electrons. The Bertz CT molecular complexity index is 104. The highest BCUT2D eigenvalue weighted by molar-refractivity contribution is 6.47. The van der Waals surface area contributed by atoms with Gasteiger partial charge in [-0.3, -0.25) is 9.80 Å². The summed E-state index contributed by atoms with van der Waals surface area (Å²) in [6.45, 7) is 1.87. The molecular formula is C5H10Cl2N2. The fourth-order valence-corrected chi connectivity index (χ4v) is 1.20. The lowest BCUT2D eigenvalue weighted by Crippen LogP contribution is -2.39. The molecule has 9 heavy (non-hydrogen) atoms. The van der Waals surface area contributed by atoms with Crippen molar-refractivity contribution in [2.24, 2.45) is 0 Å². The molecule has 4 heteroatoms. The molecule has 0 unspecified atom stereocenters. The number of halogens is 2. The van der Waals surface area contributed by atoms with Gasteiger partial charge in [-0.2, -0.15) is 0 Å². The van der Waals surface area contributed by atoms with E-state index in [-0.39, 0.29) is 0 Å². The van der Waals surface area contributed by atoms with Gasteiger partial charge in [0.05, 0.1) is 0 Å². The van der Waals surface area contributed by atoms with Crippen molar-refractivity contribution in [1.29, 1.82) is 0 Å². The molecule has 0 amide bonds. The monoisotopic (exact) mass is 168 g/mol. The lowest BCUT2D eigenvalue weighted by Gasteiger charge is -2.27. The molecule has 1 aliphatic rings. The first-order valence-corrected chi connectivity index (χ1v) is 3.61. The molecule has 0 saturated carbocycles. The SMILES string of the molecule is CN1CCN(C)C1(Cl)Cl. The van der Waals surface area contributed by atoms with E-state index in [4.69, 9.17) is 23.2 Å². The Labute approximate surface area is 65.3 Å². The third-order valence-electron chi connectivity index (χ3n) is 1.69. The smallest absolute Gasteiger partial charge is 0.228 e. The predicted octanol–water partition coefficient (Wildman–Crippen LogP) is 0.952. The molecule has 0 aliphatic carbocycles. The highest BCUT2D eigenvalue weighted by Crippen LogP contribution is 2.31. The van der Waals surface area contributed by atoms with E-state index in [0.29, 0.717) is 0 Å². The van der Waals surface area contributed by atoms with E-state index >= 15 is 0 Å². The Hall–Kier alpha value is 0.500. The van der Waals surface area contributed by atoms with Gasteiger partial charge in [-0.1, -0.05) is 23.2 Å². The van der Waals surface area contributed by atoms with Gasteiger partial charge in [0.25, 0.3) is 0 Å². The maximum absolute atomic E-state index is 5.89. The minimum absolute atomic E-state index is 0.778. The zero-order valence-corrected chi connectivity index (χ0v) is 7.08. The van der Waals surface area contributed by atoms with Crippen LogP contribution in [0, 0.1) is 0 Å². The van der Waals surface area contributed by atoms with E-state index < -0.39 is 4.58 Å². The summed E-state index contributed by atoms with van der Waals surface area (Å²) in [7, 11) is 3.81. The van der Waals surface area contributed by atoms with Crippen LogP contribution in [-0.2, 0) is 0 Å². The second-order valence-electron chi connectivity index (χ2n) is 2.35. The molecule has 0 radical (unpaired) electrons. The largest absolute Gasteiger partial charge is 0.261 e. The lowest BCUT2D eigenvalue weighted by molar-refractivity contribution is 0.229. The Kier molecular flexibility index (Phi) is 1.92. The molecule has 0 aromatic rings. The Morgan fingerprint density at radius 1 is 1.11 bits per heavy atom. The van der Waals surface area contributed by atoms with Crippen LogP contribution in [0.25, 0.3) is 0 Å². The van der Waals surface area contributed by atoms with E-state index in [1.807, 2.05) is 23.9 Å². The zero-order chi connectivity index (χ0) is 7.07. The first kappa shape index (κ1) is 7.61. The van der Waals surface area contributed by atoms with Crippen molar-refractivity contribution < 1.29 is 0 Å². The summed E-state index contributed by atoms with van der Waals surface area (Å²) in [5.41, 5.74) is 0. The summed E-state index contributed by atoms with van der Waals surface area (Å²) in [5.74, 6) is 0. The van der Waals surface area contributed by atoms with E-state index in [1.54, 1.807) is 0 Å². The van der Waals surface area contributed by atoms with Gasteiger partial charge in [-0.05, 0) is 14.1 Å². The zero-order valence-electron chi connectivity index (χ0n) is 5.56. The van der Waals surface area contributed by atoms with E-state index in [0.717, 1.165) is 13.1 Å². The average molecular weight is 169 g/mol. The first-order valence-electron chi connectivity index (χ1n) is 2.85. The summed E-state index contributed by atoms with van der Waals surface area (Å²) >= 11 is 11.8. The maximum Gasteiger partial charge on any atom is 0.228 e. The van der Waals surface area contributed by atoms with Crippen LogP contribution in [0.1, 0.15) is 0 Å². The van der Waals surface area contributed by atoms with Crippen molar-refractivity contribution in [3.8, 4) is 0 Å². The number of nitrogens with zero attached hydrogens (tertiary/aromatic N) is 2. The highest BCUT2D eigenvalue weighted by Gasteiger charge is 2.39. The quantitative estimate of drug-likeness (QED) is 0.393. The first-order chi connectivity index (χ1) is 4.05. The fraction of sp³-hybridized carbons (Fsp3) is 1.00. The minimum Gasteiger partial charge on any atom is -0.261 e. The minimum atomic E-state index is -0.778. The van der Waals surface area contributed by atoms with Crippen molar-refractivity contribution in [2.75, 3.05) is 27.2 Å². The molecule has 1 heterocycles. The molecule has 0 N–H and O–H groups in total. The van der Waals surface area contributed by atoms with Gasteiger partial charge >= 0.3 is 0 Å². The van der Waals surface area contributed by atoms with Crippen LogP contribution >= 0.6 is 23.2 Å². The van der Waals surface area contributed by atoms with Crippen molar-refractivity contribution in [2.45, 2.75) is 4.58 Å². The lowest BCUT2D eigenvalue weighted by atomic mass is 10.6. The summed E-state index contributed by atoms with van der Waals surface area (Å²) in [6, 6.07) is 0. The van der Waals surface area contributed by atoms with Crippen LogP contribution in [0.3, 0.4) is 0 Å². The molecule has 1 fully saturated rings. The second kappa shape index (κ2) is 2.27. The van der Waals surface area contributed by atoms with Crippen molar-refractivity contribution in [1.82, 2.24) is 9.80 Å². The third kappa shape index (κ3) is 1.17. The summed E-state index contributed by atoms with van der Waals surface area (Å²) in [6.07, 6.45) is 0. The van der Waals surface area contributed by atoms with Crippen LogP contribution in [0.2, 0.25) is 0 Å². The predicted molar refractivity (Wildman–Crippen MR) is 39.7 cm³/mol. The Morgan fingerprint density at radius 2 is 1.44 bits per heavy atom. The van der Waals surface area contributed by atoms with Gasteiger partial charge in [0.2, 0.25) is 4.58 Å². The summed E-state index contributed by atoms with van der Waals surface area (Å²) in [5, 5.41) is 0. The fourth-order valence-electron chi connectivity index (χ4n) is 0.860. The van der Waals surface area contributed by atoms with Gasteiger partial charge in [0.1, 0.15) is 0 Å². The Balaban J connectivity index is 2.66. The van der Waals surface area contributed by atoms with E-state index in [1.165, 1.54) is 0 Å². The van der Waals surface area contributed by atoms with Gasteiger partial charge < -0.3 is 0 Å². The molecular weight excluding hydrogens is 159 g/mol. The molecule has 1 saturated heterocycles. The molecule has 0 spiro atoms. The van der Waals surface area contributed by atoms with Crippen molar-refractivity contribution in [3.05, 3.63) is 0 Å². The standard InChI is InChI=1S/C5H10Cl2N2/c1-8-3-4-9(2)5(8,6)7/h3-4H2,1-2H3. The number of hydrogen-bond donors (Lipinski definition) is 0. The normalized spacial score (nSPS) is 29.3. The van der Waals surface area contributed by atoms with Crippen LogP contribution in [0.15, 0.2) is 0 Å². The maximum atomic E-state index is 5.89. The summed E-state index contributed by atoms with van der Waals surface area (Å²) < 4.78 is -0.778. The summed E-state index contributed by atoms with van der Waals surface area (Å²) in [4.78, 5) is 3.80. The second-order valence-corrected chi connectivity index (χ2v) is 3.60. The van der Waals surface area contributed by atoms with Crippen LogP contribution in [-0.4, -0.2) is 41.6 Å². The van der Waals surface area contributed by atoms with Gasteiger partial charge in [-0.25, -0.2) is 0 Å². The van der Waals surface area contributed by atoms with Crippen LogP contribution in [0.5, 0.6) is 0 Å². The van der Waals surface area contributed by atoms with Crippen molar-refractivity contribution in [3.63, 3.8) is 0 Å². The van der Waals surface area contributed by atoms with Crippen LogP contribution < -0.4 is 0 Å². The van der Waals surface area contributed by atoms with E-state index in [2.05, 4.69) is 0 Å². The molecule has 0 atom stereocenters. The van der Waals surface area contributed by atoms with Crippen LogP contribution in [0.4, 0.5) is 0 Å². The average Bonchev–Trinajstić information content (AvgIpc) is 1.96. The number of likely N-dealkylation sites (N-methyl/N-ethyl adjacent to an activating group) is 2. The van der Waals surface area contributed by atoms with Crippen molar-refractivity contribution >= 4 is 23.2 Å². The molecule has 2 nitrogen and oxygen atoms in total. The van der Waals surface area contributed by atoms with Gasteiger partial charge in [0, 0.05) is 13.1 Å². The molecule has 0 bridgehead atoms. The third-order valence-corrected chi connectivity index (χ3v) is 2.84. The van der Waals surface area contributed by atoms with Gasteiger partial charge in [0.15, 0.2) is 0 Å².